The van der Waals surface area contributed by atoms with E-state index < -0.39 is 0 Å². The number of benzene rings is 1. The minimum absolute atomic E-state index is 0.0186. The number of aromatic nitrogens is 1. The van der Waals surface area contributed by atoms with Crippen molar-refractivity contribution >= 4 is 56.2 Å². The van der Waals surface area contributed by atoms with Crippen LogP contribution in [0.4, 0.5) is 5.69 Å². The molecule has 0 spiro atoms. The Kier molecular flexibility index (Phi) is 6.46. The summed E-state index contributed by atoms with van der Waals surface area (Å²) in [4.78, 5) is 20.4. The third-order valence-electron chi connectivity index (χ3n) is 5.08. The summed E-state index contributed by atoms with van der Waals surface area (Å²) < 4.78 is 1.04. The van der Waals surface area contributed by atoms with Gasteiger partial charge in [0.15, 0.2) is 5.11 Å². The molecule has 154 valence electrons. The second kappa shape index (κ2) is 9.24. The molecule has 3 heterocycles. The van der Waals surface area contributed by atoms with E-state index in [9.17, 15) is 4.79 Å². The standard InChI is InChI=1S/C22H21BrN4OS2/c1-14-6-2-3-7-16(14)25-19(28)9-11-27-21(18-12-15(23)13-30-18)20(26-22(27)29)17-8-4-5-10-24-17/h2-8,10,12-13,20-21H,9,11H2,1H3,(H,25,28)(H,26,29)/t20-,21-/m1/s1. The van der Waals surface area contributed by atoms with Crippen LogP contribution in [0.5, 0.6) is 0 Å². The van der Waals surface area contributed by atoms with Crippen LogP contribution in [0.1, 0.15) is 34.6 Å². The summed E-state index contributed by atoms with van der Waals surface area (Å²) in [5.41, 5.74) is 2.82. The van der Waals surface area contributed by atoms with Gasteiger partial charge < -0.3 is 15.5 Å². The fourth-order valence-electron chi connectivity index (χ4n) is 3.59. The average Bonchev–Trinajstić information content (AvgIpc) is 3.31. The molecular formula is C22H21BrN4OS2. The van der Waals surface area contributed by atoms with E-state index in [1.807, 2.05) is 49.4 Å². The quantitative estimate of drug-likeness (QED) is 0.454. The number of nitrogens with one attached hydrogen (secondary N) is 2. The smallest absolute Gasteiger partial charge is 0.226 e. The highest BCUT2D eigenvalue weighted by Crippen LogP contribution is 2.41. The van der Waals surface area contributed by atoms with E-state index in [0.717, 1.165) is 21.4 Å². The molecule has 1 aliphatic heterocycles. The van der Waals surface area contributed by atoms with E-state index in [4.69, 9.17) is 12.2 Å². The van der Waals surface area contributed by atoms with E-state index in [0.29, 0.717) is 18.1 Å². The zero-order chi connectivity index (χ0) is 21.1. The molecule has 1 aliphatic rings. The van der Waals surface area contributed by atoms with Crippen molar-refractivity contribution in [1.29, 1.82) is 0 Å². The first kappa shape index (κ1) is 21.0. The number of nitrogens with zero attached hydrogens (tertiary/aromatic N) is 2. The number of carbonyl (C=O) groups excluding carboxylic acids is 1. The fourth-order valence-corrected chi connectivity index (χ4v) is 5.51. The van der Waals surface area contributed by atoms with Gasteiger partial charge in [0.2, 0.25) is 5.91 Å². The maximum atomic E-state index is 12.6. The molecule has 2 N–H and O–H groups in total. The van der Waals surface area contributed by atoms with Crippen LogP contribution < -0.4 is 10.6 Å². The Morgan fingerprint density at radius 3 is 2.80 bits per heavy atom. The molecule has 30 heavy (non-hydrogen) atoms. The number of hydrogen-bond acceptors (Lipinski definition) is 4. The minimum atomic E-state index is -0.0660. The van der Waals surface area contributed by atoms with Crippen molar-refractivity contribution < 1.29 is 4.79 Å². The summed E-state index contributed by atoms with van der Waals surface area (Å²) in [7, 11) is 0. The van der Waals surface area contributed by atoms with Crippen molar-refractivity contribution in [2.24, 2.45) is 0 Å². The van der Waals surface area contributed by atoms with Gasteiger partial charge in [0.1, 0.15) is 0 Å². The number of para-hydroxylation sites is 1. The molecule has 1 aromatic carbocycles. The zero-order valence-electron chi connectivity index (χ0n) is 16.3. The van der Waals surface area contributed by atoms with Crippen LogP contribution in [0.3, 0.4) is 0 Å². The highest BCUT2D eigenvalue weighted by Gasteiger charge is 2.40. The summed E-state index contributed by atoms with van der Waals surface area (Å²) in [6.07, 6.45) is 2.13. The molecule has 0 unspecified atom stereocenters. The normalized spacial score (nSPS) is 18.3. The summed E-state index contributed by atoms with van der Waals surface area (Å²) >= 11 is 10.9. The third kappa shape index (κ3) is 4.55. The van der Waals surface area contributed by atoms with Crippen LogP contribution in [0.2, 0.25) is 0 Å². The van der Waals surface area contributed by atoms with Crippen LogP contribution in [0.25, 0.3) is 0 Å². The molecule has 1 amide bonds. The average molecular weight is 501 g/mol. The Labute approximate surface area is 193 Å². The van der Waals surface area contributed by atoms with Crippen molar-refractivity contribution in [2.75, 3.05) is 11.9 Å². The Morgan fingerprint density at radius 1 is 1.30 bits per heavy atom. The largest absolute Gasteiger partial charge is 0.352 e. The van der Waals surface area contributed by atoms with Gasteiger partial charge in [-0.2, -0.15) is 0 Å². The summed E-state index contributed by atoms with van der Waals surface area (Å²) in [6.45, 7) is 2.50. The van der Waals surface area contributed by atoms with Gasteiger partial charge in [-0.15, -0.1) is 11.3 Å². The first-order valence-corrected chi connectivity index (χ1v) is 11.7. The minimum Gasteiger partial charge on any atom is -0.352 e. The summed E-state index contributed by atoms with van der Waals surface area (Å²) in [5.74, 6) is -0.0282. The topological polar surface area (TPSA) is 57.3 Å². The molecule has 8 heteroatoms. The highest BCUT2D eigenvalue weighted by molar-refractivity contribution is 9.10. The molecule has 2 aromatic heterocycles. The first-order valence-electron chi connectivity index (χ1n) is 9.60. The van der Waals surface area contributed by atoms with Crippen LogP contribution >= 0.6 is 39.5 Å². The van der Waals surface area contributed by atoms with Crippen molar-refractivity contribution in [2.45, 2.75) is 25.4 Å². The lowest BCUT2D eigenvalue weighted by molar-refractivity contribution is -0.116. The third-order valence-corrected chi connectivity index (χ3v) is 7.19. The lowest BCUT2D eigenvalue weighted by Gasteiger charge is -2.26. The van der Waals surface area contributed by atoms with Gasteiger partial charge in [0, 0.05) is 39.6 Å². The maximum Gasteiger partial charge on any atom is 0.226 e. The second-order valence-corrected chi connectivity index (χ2v) is 9.35. The Bertz CT molecular complexity index is 1060. The number of rotatable bonds is 6. The molecule has 5 nitrogen and oxygen atoms in total. The van der Waals surface area contributed by atoms with Crippen LogP contribution in [0, 0.1) is 6.92 Å². The maximum absolute atomic E-state index is 12.6. The van der Waals surface area contributed by atoms with Crippen molar-refractivity contribution in [3.63, 3.8) is 0 Å². The van der Waals surface area contributed by atoms with E-state index in [2.05, 4.69) is 47.9 Å². The first-order chi connectivity index (χ1) is 14.5. The number of anilines is 1. The van der Waals surface area contributed by atoms with Gasteiger partial charge in [-0.3, -0.25) is 9.78 Å². The molecule has 0 bridgehead atoms. The molecule has 0 saturated carbocycles. The molecule has 0 radical (unpaired) electrons. The predicted molar refractivity (Wildman–Crippen MR) is 129 cm³/mol. The number of thiophene rings is 1. The molecule has 1 fully saturated rings. The van der Waals surface area contributed by atoms with E-state index in [1.165, 1.54) is 4.88 Å². The SMILES string of the molecule is Cc1ccccc1NC(=O)CCN1C(=S)N[C@H](c2ccccn2)[C@H]1c1cc(Br)cs1. The number of hydrogen-bond donors (Lipinski definition) is 2. The number of aryl methyl sites for hydroxylation is 1. The van der Waals surface area contributed by atoms with Gasteiger partial charge in [-0.1, -0.05) is 24.3 Å². The Hall–Kier alpha value is -2.29. The second-order valence-electron chi connectivity index (χ2n) is 7.10. The highest BCUT2D eigenvalue weighted by atomic mass is 79.9. The molecule has 2 atom stereocenters. The molecule has 4 rings (SSSR count). The lowest BCUT2D eigenvalue weighted by Crippen LogP contribution is -2.32. The van der Waals surface area contributed by atoms with Crippen LogP contribution in [-0.2, 0) is 4.79 Å². The predicted octanol–water partition coefficient (Wildman–Crippen LogP) is 5.22. The van der Waals surface area contributed by atoms with Crippen LogP contribution in [-0.4, -0.2) is 27.4 Å². The van der Waals surface area contributed by atoms with E-state index in [-0.39, 0.29) is 18.0 Å². The van der Waals surface area contributed by atoms with Crippen molar-refractivity contribution in [3.8, 4) is 0 Å². The van der Waals surface area contributed by atoms with Gasteiger partial charge in [0.05, 0.1) is 17.8 Å². The van der Waals surface area contributed by atoms with Crippen molar-refractivity contribution in [1.82, 2.24) is 15.2 Å². The summed E-state index contributed by atoms with van der Waals surface area (Å²) in [5, 5.41) is 9.13. The van der Waals surface area contributed by atoms with Crippen LogP contribution in [0.15, 0.2) is 64.6 Å². The Morgan fingerprint density at radius 2 is 2.10 bits per heavy atom. The van der Waals surface area contributed by atoms with Crippen molar-refractivity contribution in [3.05, 3.63) is 80.7 Å². The lowest BCUT2D eigenvalue weighted by atomic mass is 10.0. The Balaban J connectivity index is 1.52. The number of amides is 1. The molecular weight excluding hydrogens is 480 g/mol. The van der Waals surface area contributed by atoms with Gasteiger partial charge in [-0.25, -0.2) is 0 Å². The molecule has 3 aromatic rings. The van der Waals surface area contributed by atoms with Gasteiger partial charge >= 0.3 is 0 Å². The number of halogens is 1. The monoisotopic (exact) mass is 500 g/mol. The fraction of sp³-hybridized carbons (Fsp3) is 0.227. The molecule has 0 aliphatic carbocycles. The van der Waals surface area contributed by atoms with Gasteiger partial charge in [0.25, 0.3) is 0 Å². The zero-order valence-corrected chi connectivity index (χ0v) is 19.6. The van der Waals surface area contributed by atoms with E-state index in [1.54, 1.807) is 17.5 Å². The van der Waals surface area contributed by atoms with Gasteiger partial charge in [-0.05, 0) is 64.9 Å². The number of carbonyl (C=O) groups is 1. The number of thiocarbonyl (C=S) groups is 1. The summed E-state index contributed by atoms with van der Waals surface area (Å²) in [6, 6.07) is 15.7. The number of pyridine rings is 1. The molecule has 1 saturated heterocycles. The van der Waals surface area contributed by atoms with E-state index >= 15 is 0 Å².